The molecule has 0 aliphatic rings. The molecule has 0 spiro atoms. The number of benzene rings is 1. The van der Waals surface area contributed by atoms with Crippen LogP contribution >= 0.6 is 0 Å². The van der Waals surface area contributed by atoms with E-state index < -0.39 is 10.0 Å². The van der Waals surface area contributed by atoms with Gasteiger partial charge in [-0.25, -0.2) is 13.1 Å². The van der Waals surface area contributed by atoms with E-state index in [1.54, 1.807) is 25.1 Å². The highest BCUT2D eigenvalue weighted by atomic mass is 32.2. The number of aliphatic hydroxyl groups is 1. The third kappa shape index (κ3) is 6.16. The normalized spacial score (nSPS) is 11.8. The molecule has 0 bridgehead atoms. The van der Waals surface area contributed by atoms with Gasteiger partial charge in [-0.15, -0.1) is 0 Å². The first-order valence-corrected chi connectivity index (χ1v) is 9.19. The Labute approximate surface area is 128 Å². The van der Waals surface area contributed by atoms with E-state index in [4.69, 9.17) is 5.11 Å². The molecule has 0 aromatic heterocycles. The Morgan fingerprint density at radius 1 is 1.10 bits per heavy atom. The molecule has 0 aliphatic heterocycles. The average Bonchev–Trinajstić information content (AvgIpc) is 2.46. The topological polar surface area (TPSA) is 66.4 Å². The van der Waals surface area contributed by atoms with Crippen LogP contribution in [0.5, 0.6) is 0 Å². The molecule has 0 saturated heterocycles. The fraction of sp³-hybridized carbons (Fsp3) is 0.625. The summed E-state index contributed by atoms with van der Waals surface area (Å²) in [5.41, 5.74) is 1.31. The van der Waals surface area contributed by atoms with Gasteiger partial charge in [0.15, 0.2) is 0 Å². The summed E-state index contributed by atoms with van der Waals surface area (Å²) in [5, 5.41) is 9.12. The maximum Gasteiger partial charge on any atom is 0.240 e. The van der Waals surface area contributed by atoms with Crippen LogP contribution in [-0.2, 0) is 16.6 Å². The van der Waals surface area contributed by atoms with E-state index in [0.717, 1.165) is 19.3 Å². The SMILES string of the molecule is CCCCCCCCNS(=O)(=O)c1cc(CO)ccc1C. The first kappa shape index (κ1) is 18.1. The fourth-order valence-electron chi connectivity index (χ4n) is 2.22. The van der Waals surface area contributed by atoms with Gasteiger partial charge >= 0.3 is 0 Å². The first-order chi connectivity index (χ1) is 10.0. The second kappa shape index (κ2) is 9.18. The van der Waals surface area contributed by atoms with Crippen LogP contribution in [0.25, 0.3) is 0 Å². The zero-order valence-corrected chi connectivity index (χ0v) is 13.9. The van der Waals surface area contributed by atoms with Crippen molar-refractivity contribution in [3.63, 3.8) is 0 Å². The highest BCUT2D eigenvalue weighted by Gasteiger charge is 2.16. The molecule has 120 valence electrons. The maximum absolute atomic E-state index is 12.3. The van der Waals surface area contributed by atoms with Gasteiger partial charge in [0.1, 0.15) is 0 Å². The van der Waals surface area contributed by atoms with Crippen molar-refractivity contribution < 1.29 is 13.5 Å². The third-order valence-corrected chi connectivity index (χ3v) is 5.15. The maximum atomic E-state index is 12.3. The third-order valence-electron chi connectivity index (χ3n) is 3.55. The molecule has 0 heterocycles. The molecular formula is C16H27NO3S. The summed E-state index contributed by atoms with van der Waals surface area (Å²) in [5.74, 6) is 0. The van der Waals surface area contributed by atoms with Crippen molar-refractivity contribution in [1.82, 2.24) is 4.72 Å². The molecule has 1 aromatic rings. The molecule has 0 unspecified atom stereocenters. The van der Waals surface area contributed by atoms with Crippen LogP contribution in [-0.4, -0.2) is 20.1 Å². The highest BCUT2D eigenvalue weighted by Crippen LogP contribution is 2.17. The Bertz CT molecular complexity index is 526. The van der Waals surface area contributed by atoms with Gasteiger partial charge in [0.2, 0.25) is 10.0 Å². The summed E-state index contributed by atoms with van der Waals surface area (Å²) in [7, 11) is -3.48. The van der Waals surface area contributed by atoms with Gasteiger partial charge in [-0.1, -0.05) is 51.2 Å². The number of aliphatic hydroxyl groups excluding tert-OH is 1. The smallest absolute Gasteiger partial charge is 0.240 e. The largest absolute Gasteiger partial charge is 0.392 e. The van der Waals surface area contributed by atoms with E-state index in [9.17, 15) is 8.42 Å². The molecule has 0 saturated carbocycles. The quantitative estimate of drug-likeness (QED) is 0.652. The van der Waals surface area contributed by atoms with Crippen molar-refractivity contribution in [1.29, 1.82) is 0 Å². The van der Waals surface area contributed by atoms with Crippen LogP contribution in [0.4, 0.5) is 0 Å². The Balaban J connectivity index is 2.50. The Kier molecular flexibility index (Phi) is 7.93. The molecule has 21 heavy (non-hydrogen) atoms. The lowest BCUT2D eigenvalue weighted by atomic mass is 10.1. The van der Waals surface area contributed by atoms with E-state index >= 15 is 0 Å². The van der Waals surface area contributed by atoms with E-state index in [-0.39, 0.29) is 11.5 Å². The van der Waals surface area contributed by atoms with E-state index in [2.05, 4.69) is 11.6 Å². The molecule has 2 N–H and O–H groups in total. The van der Waals surface area contributed by atoms with Crippen molar-refractivity contribution in [3.8, 4) is 0 Å². The number of hydrogen-bond acceptors (Lipinski definition) is 3. The summed E-state index contributed by atoms with van der Waals surface area (Å²) >= 11 is 0. The zero-order valence-electron chi connectivity index (χ0n) is 13.1. The van der Waals surface area contributed by atoms with E-state index in [0.29, 0.717) is 17.7 Å². The zero-order chi connectivity index (χ0) is 15.7. The number of sulfonamides is 1. The van der Waals surface area contributed by atoms with Gasteiger partial charge in [0, 0.05) is 6.54 Å². The molecule has 0 atom stereocenters. The predicted octanol–water partition coefficient (Wildman–Crippen LogP) is 3.13. The fourth-order valence-corrected chi connectivity index (χ4v) is 3.59. The van der Waals surface area contributed by atoms with Crippen LogP contribution in [0.2, 0.25) is 0 Å². The number of hydrogen-bond donors (Lipinski definition) is 2. The predicted molar refractivity (Wildman–Crippen MR) is 85.7 cm³/mol. The van der Waals surface area contributed by atoms with Gasteiger partial charge in [-0.3, -0.25) is 0 Å². The lowest BCUT2D eigenvalue weighted by Gasteiger charge is -2.10. The summed E-state index contributed by atoms with van der Waals surface area (Å²) in [6.45, 7) is 4.26. The molecule has 0 amide bonds. The molecule has 5 heteroatoms. The average molecular weight is 313 g/mol. The molecule has 0 aliphatic carbocycles. The van der Waals surface area contributed by atoms with Crippen molar-refractivity contribution in [3.05, 3.63) is 29.3 Å². The first-order valence-electron chi connectivity index (χ1n) is 7.71. The Hall–Kier alpha value is -0.910. The number of nitrogens with one attached hydrogen (secondary N) is 1. The second-order valence-corrected chi connectivity index (χ2v) is 7.16. The van der Waals surface area contributed by atoms with Crippen molar-refractivity contribution in [2.45, 2.75) is 63.9 Å². The summed E-state index contributed by atoms with van der Waals surface area (Å²) < 4.78 is 27.2. The van der Waals surface area contributed by atoms with Gasteiger partial charge in [-0.2, -0.15) is 0 Å². The summed E-state index contributed by atoms with van der Waals surface area (Å²) in [4.78, 5) is 0.264. The van der Waals surface area contributed by atoms with Gasteiger partial charge in [0.05, 0.1) is 11.5 Å². The molecule has 1 rings (SSSR count). The Morgan fingerprint density at radius 3 is 2.43 bits per heavy atom. The summed E-state index contributed by atoms with van der Waals surface area (Å²) in [6.07, 6.45) is 6.77. The minimum absolute atomic E-state index is 0.153. The molecular weight excluding hydrogens is 286 g/mol. The molecule has 4 nitrogen and oxygen atoms in total. The van der Waals surface area contributed by atoms with Crippen LogP contribution in [0.3, 0.4) is 0 Å². The molecule has 0 radical (unpaired) electrons. The minimum Gasteiger partial charge on any atom is -0.392 e. The minimum atomic E-state index is -3.48. The van der Waals surface area contributed by atoms with Crippen LogP contribution in [0.1, 0.15) is 56.6 Å². The van der Waals surface area contributed by atoms with Crippen LogP contribution < -0.4 is 4.72 Å². The van der Waals surface area contributed by atoms with Crippen molar-refractivity contribution in [2.75, 3.05) is 6.54 Å². The lowest BCUT2D eigenvalue weighted by molar-refractivity contribution is 0.281. The van der Waals surface area contributed by atoms with Crippen LogP contribution in [0, 0.1) is 6.92 Å². The van der Waals surface area contributed by atoms with Crippen LogP contribution in [0.15, 0.2) is 23.1 Å². The summed E-state index contributed by atoms with van der Waals surface area (Å²) in [6, 6.07) is 5.01. The number of rotatable bonds is 10. The van der Waals surface area contributed by atoms with Gasteiger partial charge in [0.25, 0.3) is 0 Å². The molecule has 1 aromatic carbocycles. The Morgan fingerprint density at radius 2 is 1.76 bits per heavy atom. The van der Waals surface area contributed by atoms with E-state index in [1.165, 1.54) is 19.3 Å². The van der Waals surface area contributed by atoms with Crippen molar-refractivity contribution in [2.24, 2.45) is 0 Å². The number of aryl methyl sites for hydroxylation is 1. The highest BCUT2D eigenvalue weighted by molar-refractivity contribution is 7.89. The standard InChI is InChI=1S/C16H27NO3S/c1-3-4-5-6-7-8-11-17-21(19,20)16-12-15(13-18)10-9-14(16)2/h9-10,12,17-18H,3-8,11,13H2,1-2H3. The van der Waals surface area contributed by atoms with E-state index in [1.807, 2.05) is 0 Å². The van der Waals surface area contributed by atoms with Crippen molar-refractivity contribution >= 4 is 10.0 Å². The monoisotopic (exact) mass is 313 g/mol. The van der Waals surface area contributed by atoms with Gasteiger partial charge in [-0.05, 0) is 30.5 Å². The number of unbranched alkanes of at least 4 members (excludes halogenated alkanes) is 5. The second-order valence-electron chi connectivity index (χ2n) is 5.42. The molecule has 0 fully saturated rings. The lowest BCUT2D eigenvalue weighted by Crippen LogP contribution is -2.25. The van der Waals surface area contributed by atoms with Gasteiger partial charge < -0.3 is 5.11 Å².